The van der Waals surface area contributed by atoms with Crippen LogP contribution in [0.4, 0.5) is 21.0 Å². The second-order valence-corrected chi connectivity index (χ2v) is 6.42. The van der Waals surface area contributed by atoms with Gasteiger partial charge in [-0.1, -0.05) is 0 Å². The van der Waals surface area contributed by atoms with Crippen molar-refractivity contribution in [1.82, 2.24) is 10.6 Å². The first-order valence-electron chi connectivity index (χ1n) is 9.12. The summed E-state index contributed by atoms with van der Waals surface area (Å²) in [6, 6.07) is 0.872. The number of hydrogen-bond donors (Lipinski definition) is 8. The number of nitrogens with one attached hydrogen (secondary N) is 4. The average Bonchev–Trinajstić information content (AvgIpc) is 2.69. The number of carboxylic acids is 4. The summed E-state index contributed by atoms with van der Waals surface area (Å²) in [5.74, 6) is -5.20. The van der Waals surface area contributed by atoms with Crippen LogP contribution >= 0.6 is 0 Å². The summed E-state index contributed by atoms with van der Waals surface area (Å²) in [4.78, 5) is 67.1. The third-order valence-corrected chi connectivity index (χ3v) is 3.90. The quantitative estimate of drug-likeness (QED) is 0.219. The van der Waals surface area contributed by atoms with Gasteiger partial charge in [0, 0.05) is 24.2 Å². The molecule has 32 heavy (non-hydrogen) atoms. The monoisotopic (exact) mass is 454 g/mol. The summed E-state index contributed by atoms with van der Waals surface area (Å²) >= 11 is 0. The minimum Gasteiger partial charge on any atom is -0.481 e. The zero-order chi connectivity index (χ0) is 24.3. The third kappa shape index (κ3) is 9.91. The van der Waals surface area contributed by atoms with E-state index in [1.807, 2.05) is 0 Å². The lowest BCUT2D eigenvalue weighted by Crippen LogP contribution is -2.43. The molecule has 14 nitrogen and oxygen atoms in total. The van der Waals surface area contributed by atoms with Gasteiger partial charge in [-0.15, -0.1) is 0 Å². The van der Waals surface area contributed by atoms with Crippen LogP contribution in [0.15, 0.2) is 24.3 Å². The van der Waals surface area contributed by atoms with Crippen LogP contribution in [0, 0.1) is 0 Å². The van der Waals surface area contributed by atoms with E-state index in [0.29, 0.717) is 0 Å². The number of benzene rings is 1. The molecule has 0 saturated heterocycles. The van der Waals surface area contributed by atoms with Crippen LogP contribution in [0.2, 0.25) is 0 Å². The summed E-state index contributed by atoms with van der Waals surface area (Å²) in [6.07, 6.45) is -1.50. The highest BCUT2D eigenvalue weighted by molar-refractivity contribution is 5.94. The molecule has 0 aliphatic rings. The Bertz CT molecular complexity index is 800. The Morgan fingerprint density at radius 3 is 1.19 bits per heavy atom. The van der Waals surface area contributed by atoms with E-state index < -0.39 is 60.9 Å². The summed E-state index contributed by atoms with van der Waals surface area (Å²) in [5.41, 5.74) is 0.446. The first kappa shape index (κ1) is 25.7. The fraction of sp³-hybridized carbons (Fsp3) is 0.333. The number of carboxylic acid groups (broad SMARTS) is 4. The van der Waals surface area contributed by atoms with E-state index in [1.54, 1.807) is 0 Å². The predicted octanol–water partition coefficient (Wildman–Crippen LogP) is 0.566. The number of carbonyl (C=O) groups excluding carboxylic acids is 2. The minimum atomic E-state index is -1.40. The predicted molar refractivity (Wildman–Crippen MR) is 107 cm³/mol. The van der Waals surface area contributed by atoms with E-state index in [0.717, 1.165) is 0 Å². The average molecular weight is 454 g/mol. The molecule has 174 valence electrons. The van der Waals surface area contributed by atoms with Crippen LogP contribution in [-0.4, -0.2) is 68.4 Å². The summed E-state index contributed by atoms with van der Waals surface area (Å²) in [6.45, 7) is 0. The molecule has 14 heteroatoms. The van der Waals surface area contributed by atoms with Crippen molar-refractivity contribution in [1.29, 1.82) is 0 Å². The van der Waals surface area contributed by atoms with Crippen LogP contribution in [0.25, 0.3) is 0 Å². The molecule has 0 fully saturated rings. The van der Waals surface area contributed by atoms with Gasteiger partial charge in [-0.2, -0.15) is 0 Å². The standard InChI is InChI=1S/C18H22N4O10/c23-13(24)7-5-11(15(27)28)21-17(31)19-9-1-2-10(4-3-9)20-18(32)22-12(16(29)30)6-8-14(25)26/h1-4,11-12H,5-8H2,(H,23,24)(H,25,26)(H,27,28)(H,29,30)(H2,19,21,31)(H2,20,22,32)/t11-,12-/m0/s1. The highest BCUT2D eigenvalue weighted by Gasteiger charge is 2.22. The van der Waals surface area contributed by atoms with Gasteiger partial charge in [0.15, 0.2) is 0 Å². The van der Waals surface area contributed by atoms with Gasteiger partial charge in [-0.05, 0) is 37.1 Å². The maximum atomic E-state index is 11.9. The van der Waals surface area contributed by atoms with Crippen molar-refractivity contribution >= 4 is 47.3 Å². The molecular weight excluding hydrogens is 432 g/mol. The zero-order valence-corrected chi connectivity index (χ0v) is 16.5. The smallest absolute Gasteiger partial charge is 0.326 e. The Labute approximate surface area is 180 Å². The second-order valence-electron chi connectivity index (χ2n) is 6.42. The van der Waals surface area contributed by atoms with Crippen molar-refractivity contribution in [2.45, 2.75) is 37.8 Å². The Hall–Kier alpha value is -4.36. The molecule has 0 heterocycles. The van der Waals surface area contributed by atoms with Crippen LogP contribution in [0.5, 0.6) is 0 Å². The molecular formula is C18H22N4O10. The number of hydrogen-bond acceptors (Lipinski definition) is 6. The summed E-state index contributed by atoms with van der Waals surface area (Å²) < 4.78 is 0. The molecule has 0 aliphatic heterocycles. The molecule has 0 unspecified atom stereocenters. The van der Waals surface area contributed by atoms with Crippen LogP contribution < -0.4 is 21.3 Å². The van der Waals surface area contributed by atoms with E-state index in [-0.39, 0.29) is 24.2 Å². The van der Waals surface area contributed by atoms with Crippen molar-refractivity contribution in [3.05, 3.63) is 24.3 Å². The molecule has 0 radical (unpaired) electrons. The van der Waals surface area contributed by atoms with E-state index in [1.165, 1.54) is 24.3 Å². The van der Waals surface area contributed by atoms with Crippen molar-refractivity contribution in [3.63, 3.8) is 0 Å². The molecule has 1 aromatic carbocycles. The highest BCUT2D eigenvalue weighted by atomic mass is 16.4. The molecule has 0 aliphatic carbocycles. The molecule has 0 spiro atoms. The number of anilines is 2. The van der Waals surface area contributed by atoms with Crippen LogP contribution in [0.3, 0.4) is 0 Å². The van der Waals surface area contributed by atoms with Crippen molar-refractivity contribution in [2.24, 2.45) is 0 Å². The maximum absolute atomic E-state index is 11.9. The van der Waals surface area contributed by atoms with Gasteiger partial charge in [0.25, 0.3) is 0 Å². The summed E-state index contributed by atoms with van der Waals surface area (Å²) in [7, 11) is 0. The van der Waals surface area contributed by atoms with Gasteiger partial charge in [0.1, 0.15) is 12.1 Å². The lowest BCUT2D eigenvalue weighted by atomic mass is 10.1. The second kappa shape index (κ2) is 12.4. The molecule has 1 aromatic rings. The van der Waals surface area contributed by atoms with Gasteiger partial charge in [0.05, 0.1) is 0 Å². The lowest BCUT2D eigenvalue weighted by molar-refractivity contribution is -0.142. The highest BCUT2D eigenvalue weighted by Crippen LogP contribution is 2.14. The number of carbonyl (C=O) groups is 6. The van der Waals surface area contributed by atoms with Crippen LogP contribution in [-0.2, 0) is 19.2 Å². The first-order chi connectivity index (χ1) is 15.0. The van der Waals surface area contributed by atoms with E-state index in [4.69, 9.17) is 20.4 Å². The molecule has 2 atom stereocenters. The Morgan fingerprint density at radius 1 is 0.625 bits per heavy atom. The van der Waals surface area contributed by atoms with E-state index in [9.17, 15) is 28.8 Å². The Balaban J connectivity index is 2.60. The van der Waals surface area contributed by atoms with Gasteiger partial charge < -0.3 is 41.7 Å². The topological polar surface area (TPSA) is 231 Å². The van der Waals surface area contributed by atoms with Crippen LogP contribution in [0.1, 0.15) is 25.7 Å². The molecule has 0 aromatic heterocycles. The van der Waals surface area contributed by atoms with Crippen molar-refractivity contribution < 1.29 is 49.2 Å². The van der Waals surface area contributed by atoms with Crippen molar-refractivity contribution in [2.75, 3.05) is 10.6 Å². The minimum absolute atomic E-state index is 0.223. The lowest BCUT2D eigenvalue weighted by Gasteiger charge is -2.15. The Kier molecular flexibility index (Phi) is 9.92. The van der Waals surface area contributed by atoms with Gasteiger partial charge in [-0.25, -0.2) is 19.2 Å². The van der Waals surface area contributed by atoms with Gasteiger partial charge in [-0.3, -0.25) is 9.59 Å². The number of aliphatic carboxylic acids is 4. The number of amides is 4. The maximum Gasteiger partial charge on any atom is 0.326 e. The Morgan fingerprint density at radius 2 is 0.938 bits per heavy atom. The van der Waals surface area contributed by atoms with Crippen molar-refractivity contribution in [3.8, 4) is 0 Å². The molecule has 1 rings (SSSR count). The SMILES string of the molecule is O=C(O)CC[C@H](NC(=O)Nc1ccc(NC(=O)N[C@@H](CCC(=O)O)C(=O)O)cc1)C(=O)O. The summed E-state index contributed by atoms with van der Waals surface area (Å²) in [5, 5.41) is 44.3. The van der Waals surface area contributed by atoms with Gasteiger partial charge >= 0.3 is 35.9 Å². The van der Waals surface area contributed by atoms with Gasteiger partial charge in [0.2, 0.25) is 0 Å². The molecule has 0 saturated carbocycles. The number of rotatable bonds is 12. The largest absolute Gasteiger partial charge is 0.481 e. The fourth-order valence-corrected chi connectivity index (χ4v) is 2.34. The molecule has 8 N–H and O–H groups in total. The normalized spacial score (nSPS) is 12.0. The van der Waals surface area contributed by atoms with E-state index >= 15 is 0 Å². The first-order valence-corrected chi connectivity index (χ1v) is 9.12. The third-order valence-electron chi connectivity index (χ3n) is 3.90. The molecule has 0 bridgehead atoms. The number of urea groups is 2. The fourth-order valence-electron chi connectivity index (χ4n) is 2.34. The molecule has 4 amide bonds. The van der Waals surface area contributed by atoms with E-state index in [2.05, 4.69) is 21.3 Å². The zero-order valence-electron chi connectivity index (χ0n) is 16.5.